The van der Waals surface area contributed by atoms with Crippen molar-refractivity contribution in [2.24, 2.45) is 0 Å². The van der Waals surface area contributed by atoms with Crippen LogP contribution in [0.3, 0.4) is 0 Å². The number of ether oxygens (including phenoxy) is 2. The normalized spacial score (nSPS) is 11.2. The molecule has 1 N–H and O–H groups in total. The maximum Gasteiger partial charge on any atom is 0.342 e. The summed E-state index contributed by atoms with van der Waals surface area (Å²) in [5.41, 5.74) is 1.47. The SMILES string of the molecule is C#CCOc1c(I)cc(/C=C(\Sc2nnc(-c3ccc(Cl)cc3)n2CC)C(=O)O)cc1OC. The predicted molar refractivity (Wildman–Crippen MR) is 138 cm³/mol. The van der Waals surface area contributed by atoms with Crippen LogP contribution in [0.1, 0.15) is 12.5 Å². The zero-order chi connectivity index (χ0) is 24.0. The molecule has 7 nitrogen and oxygen atoms in total. The number of nitrogens with zero attached hydrogens (tertiary/aromatic N) is 3. The molecule has 0 atom stereocenters. The van der Waals surface area contributed by atoms with Gasteiger partial charge in [0, 0.05) is 17.1 Å². The average molecular weight is 596 g/mol. The van der Waals surface area contributed by atoms with E-state index in [0.717, 1.165) is 20.9 Å². The van der Waals surface area contributed by atoms with Gasteiger partial charge in [0.25, 0.3) is 0 Å². The zero-order valence-corrected chi connectivity index (χ0v) is 21.4. The van der Waals surface area contributed by atoms with E-state index >= 15 is 0 Å². The Morgan fingerprint density at radius 1 is 1.33 bits per heavy atom. The number of terminal acetylenes is 1. The molecule has 0 saturated heterocycles. The Hall–Kier alpha value is -2.68. The molecule has 3 aromatic rings. The first-order chi connectivity index (χ1) is 15.9. The number of carboxylic acid groups (broad SMARTS) is 1. The van der Waals surface area contributed by atoms with E-state index in [0.29, 0.717) is 39.6 Å². The molecule has 0 aliphatic heterocycles. The van der Waals surface area contributed by atoms with Gasteiger partial charge >= 0.3 is 5.97 Å². The number of benzene rings is 2. The highest BCUT2D eigenvalue weighted by Gasteiger charge is 2.19. The minimum atomic E-state index is -1.08. The highest BCUT2D eigenvalue weighted by atomic mass is 127. The molecule has 1 aromatic heterocycles. The Bertz CT molecular complexity index is 1240. The topological polar surface area (TPSA) is 86.5 Å². The predicted octanol–water partition coefficient (Wildman–Crippen LogP) is 5.46. The van der Waals surface area contributed by atoms with Crippen LogP contribution in [0.2, 0.25) is 5.02 Å². The van der Waals surface area contributed by atoms with Gasteiger partial charge in [-0.3, -0.25) is 0 Å². The maximum absolute atomic E-state index is 12.0. The molecule has 0 saturated carbocycles. The number of aliphatic carboxylic acids is 1. The van der Waals surface area contributed by atoms with E-state index in [1.165, 1.54) is 7.11 Å². The summed E-state index contributed by atoms with van der Waals surface area (Å²) in [4.78, 5) is 12.1. The van der Waals surface area contributed by atoms with Gasteiger partial charge in [-0.15, -0.1) is 16.6 Å². The Kier molecular flexibility index (Phi) is 8.66. The van der Waals surface area contributed by atoms with Gasteiger partial charge in [-0.05, 0) is 89.3 Å². The third-order valence-electron chi connectivity index (χ3n) is 4.40. The largest absolute Gasteiger partial charge is 0.493 e. The molecule has 0 spiro atoms. The summed E-state index contributed by atoms with van der Waals surface area (Å²) in [6.07, 6.45) is 6.83. The molecule has 0 amide bonds. The smallest absolute Gasteiger partial charge is 0.342 e. The number of hydrogen-bond donors (Lipinski definition) is 1. The number of halogens is 2. The Labute approximate surface area is 214 Å². The molecule has 1 heterocycles. The molecule has 3 rings (SSSR count). The second kappa shape index (κ2) is 11.4. The van der Waals surface area contributed by atoms with E-state index in [2.05, 4.69) is 38.7 Å². The summed E-state index contributed by atoms with van der Waals surface area (Å²) in [5.74, 6) is 2.93. The molecule has 33 heavy (non-hydrogen) atoms. The first-order valence-corrected chi connectivity index (χ1v) is 11.9. The number of rotatable bonds is 9. The van der Waals surface area contributed by atoms with Crippen molar-refractivity contribution in [1.82, 2.24) is 14.8 Å². The van der Waals surface area contributed by atoms with Gasteiger partial charge in [0.2, 0.25) is 0 Å². The lowest BCUT2D eigenvalue weighted by Crippen LogP contribution is -2.03. The van der Waals surface area contributed by atoms with Gasteiger partial charge < -0.3 is 19.1 Å². The standard InChI is InChI=1S/C23H19ClIN3O4S/c1-4-10-32-20-17(25)11-14(12-18(20)31-3)13-19(22(29)30)33-23-27-26-21(28(23)5-2)15-6-8-16(24)9-7-15/h1,6-9,11-13H,5,10H2,2-3H3,(H,29,30)/b19-13-. The fourth-order valence-electron chi connectivity index (χ4n) is 2.92. The summed E-state index contributed by atoms with van der Waals surface area (Å²) in [6, 6.07) is 10.7. The Morgan fingerprint density at radius 2 is 2.06 bits per heavy atom. The average Bonchev–Trinajstić information content (AvgIpc) is 3.20. The van der Waals surface area contributed by atoms with Crippen LogP contribution in [-0.4, -0.2) is 39.6 Å². The lowest BCUT2D eigenvalue weighted by Gasteiger charge is -2.12. The van der Waals surface area contributed by atoms with Crippen molar-refractivity contribution in [3.63, 3.8) is 0 Å². The summed E-state index contributed by atoms with van der Waals surface area (Å²) in [6.45, 7) is 2.60. The van der Waals surface area contributed by atoms with E-state index in [1.807, 2.05) is 23.6 Å². The van der Waals surface area contributed by atoms with Crippen LogP contribution in [0.25, 0.3) is 17.5 Å². The first-order valence-electron chi connectivity index (χ1n) is 9.63. The van der Waals surface area contributed by atoms with E-state index < -0.39 is 5.97 Å². The second-order valence-electron chi connectivity index (χ2n) is 6.50. The molecule has 2 aromatic carbocycles. The van der Waals surface area contributed by atoms with E-state index in [4.69, 9.17) is 27.5 Å². The van der Waals surface area contributed by atoms with Gasteiger partial charge in [0.15, 0.2) is 22.5 Å². The lowest BCUT2D eigenvalue weighted by atomic mass is 10.2. The zero-order valence-electron chi connectivity index (χ0n) is 17.7. The molecule has 170 valence electrons. The van der Waals surface area contributed by atoms with Crippen LogP contribution in [0.15, 0.2) is 46.5 Å². The number of carboxylic acids is 1. The number of aromatic nitrogens is 3. The summed E-state index contributed by atoms with van der Waals surface area (Å²) >= 11 is 9.10. The number of carbonyl (C=O) groups is 1. The van der Waals surface area contributed by atoms with Crippen LogP contribution in [0.5, 0.6) is 11.5 Å². The molecule has 0 aliphatic rings. The minimum absolute atomic E-state index is 0.0786. The third-order valence-corrected chi connectivity index (χ3v) is 6.45. The highest BCUT2D eigenvalue weighted by Crippen LogP contribution is 2.36. The van der Waals surface area contributed by atoms with Gasteiger partial charge in [0.1, 0.15) is 11.5 Å². The highest BCUT2D eigenvalue weighted by molar-refractivity contribution is 14.1. The van der Waals surface area contributed by atoms with Crippen LogP contribution in [0.4, 0.5) is 0 Å². The molecular formula is C23H19ClIN3O4S. The molecule has 0 radical (unpaired) electrons. The second-order valence-corrected chi connectivity index (χ2v) is 9.11. The maximum atomic E-state index is 12.0. The van der Waals surface area contributed by atoms with Crippen molar-refractivity contribution < 1.29 is 19.4 Å². The molecule has 0 unspecified atom stereocenters. The number of hydrogen-bond acceptors (Lipinski definition) is 6. The summed E-state index contributed by atoms with van der Waals surface area (Å²) in [5, 5.41) is 19.4. The van der Waals surface area contributed by atoms with Gasteiger partial charge in [-0.25, -0.2) is 4.79 Å². The first kappa shape index (κ1) is 25.0. The molecule has 10 heteroatoms. The van der Waals surface area contributed by atoms with Crippen molar-refractivity contribution in [2.45, 2.75) is 18.6 Å². The summed E-state index contributed by atoms with van der Waals surface area (Å²) < 4.78 is 13.6. The van der Waals surface area contributed by atoms with Gasteiger partial charge in [-0.1, -0.05) is 17.5 Å². The molecule has 0 bridgehead atoms. The van der Waals surface area contributed by atoms with Crippen LogP contribution in [0, 0.1) is 15.9 Å². The molecule has 0 aliphatic carbocycles. The third kappa shape index (κ3) is 6.01. The molecule has 0 fully saturated rings. The monoisotopic (exact) mass is 595 g/mol. The van der Waals surface area contributed by atoms with Crippen molar-refractivity contribution in [3.05, 3.63) is 55.5 Å². The summed E-state index contributed by atoms with van der Waals surface area (Å²) in [7, 11) is 1.51. The van der Waals surface area contributed by atoms with E-state index in [-0.39, 0.29) is 11.5 Å². The van der Waals surface area contributed by atoms with Crippen LogP contribution >= 0.6 is 46.0 Å². The number of methoxy groups -OCH3 is 1. The van der Waals surface area contributed by atoms with E-state index in [9.17, 15) is 9.90 Å². The van der Waals surface area contributed by atoms with E-state index in [1.54, 1.807) is 30.3 Å². The number of thioether (sulfide) groups is 1. The fourth-order valence-corrected chi connectivity index (χ4v) is 4.72. The van der Waals surface area contributed by atoms with Crippen LogP contribution < -0.4 is 9.47 Å². The fraction of sp³-hybridized carbons (Fsp3) is 0.174. The quantitative estimate of drug-likeness (QED) is 0.152. The van der Waals surface area contributed by atoms with Crippen LogP contribution in [-0.2, 0) is 11.3 Å². The van der Waals surface area contributed by atoms with Crippen molar-refractivity contribution >= 4 is 58.0 Å². The molecular weight excluding hydrogens is 577 g/mol. The Morgan fingerprint density at radius 3 is 2.67 bits per heavy atom. The van der Waals surface area contributed by atoms with Crippen molar-refractivity contribution in [1.29, 1.82) is 0 Å². The Balaban J connectivity index is 1.96. The van der Waals surface area contributed by atoms with Gasteiger partial charge in [0.05, 0.1) is 10.7 Å². The van der Waals surface area contributed by atoms with Crippen molar-refractivity contribution in [2.75, 3.05) is 13.7 Å². The van der Waals surface area contributed by atoms with Crippen molar-refractivity contribution in [3.8, 4) is 35.2 Å². The van der Waals surface area contributed by atoms with Gasteiger partial charge in [-0.2, -0.15) is 0 Å². The lowest BCUT2D eigenvalue weighted by molar-refractivity contribution is -0.131. The minimum Gasteiger partial charge on any atom is -0.493 e.